The maximum Gasteiger partial charge on any atom is 0.0700 e. The Morgan fingerprint density at radius 3 is 2.82 bits per heavy atom. The van der Waals surface area contributed by atoms with E-state index < -0.39 is 0 Å². The molecular weight excluding hydrogens is 210 g/mol. The Balaban J connectivity index is 2.23. The van der Waals surface area contributed by atoms with Crippen molar-refractivity contribution >= 4 is 0 Å². The van der Waals surface area contributed by atoms with E-state index in [1.54, 1.807) is 0 Å². The van der Waals surface area contributed by atoms with Gasteiger partial charge in [-0.1, -0.05) is 13.8 Å². The Kier molecular flexibility index (Phi) is 3.87. The second kappa shape index (κ2) is 5.21. The van der Waals surface area contributed by atoms with Crippen LogP contribution in [-0.2, 0) is 13.5 Å². The summed E-state index contributed by atoms with van der Waals surface area (Å²) >= 11 is 0. The molecule has 0 aromatic carbocycles. The van der Waals surface area contributed by atoms with Crippen LogP contribution in [0.15, 0.2) is 0 Å². The first-order chi connectivity index (χ1) is 8.09. The molecule has 1 aliphatic rings. The molecule has 1 fully saturated rings. The van der Waals surface area contributed by atoms with Gasteiger partial charge in [0.25, 0.3) is 0 Å². The molecule has 1 saturated heterocycles. The van der Waals surface area contributed by atoms with E-state index >= 15 is 0 Å². The highest BCUT2D eigenvalue weighted by molar-refractivity contribution is 5.28. The topological polar surface area (TPSA) is 29.9 Å². The quantitative estimate of drug-likeness (QED) is 0.872. The molecular formula is C14H25N3. The first-order valence-electron chi connectivity index (χ1n) is 6.82. The van der Waals surface area contributed by atoms with Gasteiger partial charge in [0.1, 0.15) is 0 Å². The predicted octanol–water partition coefficient (Wildman–Crippen LogP) is 2.39. The largest absolute Gasteiger partial charge is 0.316 e. The summed E-state index contributed by atoms with van der Waals surface area (Å²) in [6.45, 7) is 9.05. The maximum atomic E-state index is 4.76. The zero-order valence-corrected chi connectivity index (χ0v) is 11.6. The fourth-order valence-electron chi connectivity index (χ4n) is 2.83. The zero-order chi connectivity index (χ0) is 12.4. The summed E-state index contributed by atoms with van der Waals surface area (Å²) in [5, 5.41) is 8.24. The van der Waals surface area contributed by atoms with E-state index in [9.17, 15) is 0 Å². The molecule has 1 unspecified atom stereocenters. The highest BCUT2D eigenvalue weighted by Gasteiger charge is 2.22. The van der Waals surface area contributed by atoms with Gasteiger partial charge in [-0.3, -0.25) is 4.68 Å². The third-order valence-electron chi connectivity index (χ3n) is 3.75. The molecule has 1 aliphatic heterocycles. The molecule has 1 N–H and O–H groups in total. The number of nitrogens with one attached hydrogen (secondary N) is 1. The second-order valence-corrected chi connectivity index (χ2v) is 5.72. The van der Waals surface area contributed by atoms with Gasteiger partial charge in [0, 0.05) is 25.2 Å². The smallest absolute Gasteiger partial charge is 0.0700 e. The first kappa shape index (κ1) is 12.6. The van der Waals surface area contributed by atoms with Gasteiger partial charge in [0.05, 0.1) is 5.69 Å². The van der Waals surface area contributed by atoms with E-state index in [-0.39, 0.29) is 0 Å². The van der Waals surface area contributed by atoms with E-state index in [1.807, 2.05) is 0 Å². The van der Waals surface area contributed by atoms with Gasteiger partial charge < -0.3 is 5.32 Å². The Labute approximate surface area is 105 Å². The minimum Gasteiger partial charge on any atom is -0.316 e. The zero-order valence-electron chi connectivity index (χ0n) is 11.6. The number of hydrogen-bond acceptors (Lipinski definition) is 2. The Morgan fingerprint density at radius 1 is 1.47 bits per heavy atom. The summed E-state index contributed by atoms with van der Waals surface area (Å²) in [5.41, 5.74) is 4.17. The minimum absolute atomic E-state index is 0.621. The second-order valence-electron chi connectivity index (χ2n) is 5.72. The molecule has 2 rings (SSSR count). The molecule has 3 heteroatoms. The van der Waals surface area contributed by atoms with Gasteiger partial charge in [-0.05, 0) is 44.2 Å². The summed E-state index contributed by atoms with van der Waals surface area (Å²) in [6, 6.07) is 0. The van der Waals surface area contributed by atoms with Crippen LogP contribution in [-0.4, -0.2) is 22.9 Å². The van der Waals surface area contributed by atoms with Crippen molar-refractivity contribution in [3.8, 4) is 0 Å². The lowest BCUT2D eigenvalue weighted by atomic mass is 9.92. The third kappa shape index (κ3) is 2.71. The molecule has 1 atom stereocenters. The number of piperidine rings is 1. The van der Waals surface area contributed by atoms with Crippen molar-refractivity contribution in [3.05, 3.63) is 17.0 Å². The van der Waals surface area contributed by atoms with Crippen molar-refractivity contribution in [3.63, 3.8) is 0 Å². The molecule has 0 aliphatic carbocycles. The van der Waals surface area contributed by atoms with Crippen molar-refractivity contribution in [2.45, 2.75) is 46.0 Å². The van der Waals surface area contributed by atoms with Gasteiger partial charge in [0.15, 0.2) is 0 Å². The number of nitrogens with zero attached hydrogens (tertiary/aromatic N) is 2. The summed E-state index contributed by atoms with van der Waals surface area (Å²) in [6.07, 6.45) is 3.70. The van der Waals surface area contributed by atoms with E-state index in [2.05, 4.69) is 37.8 Å². The minimum atomic E-state index is 0.621. The summed E-state index contributed by atoms with van der Waals surface area (Å²) in [5.74, 6) is 1.32. The van der Waals surface area contributed by atoms with Crippen LogP contribution in [0.3, 0.4) is 0 Å². The molecule has 0 spiro atoms. The molecule has 96 valence electrons. The monoisotopic (exact) mass is 235 g/mol. The Hall–Kier alpha value is -0.830. The van der Waals surface area contributed by atoms with Gasteiger partial charge >= 0.3 is 0 Å². The van der Waals surface area contributed by atoms with Crippen molar-refractivity contribution in [2.24, 2.45) is 13.0 Å². The summed E-state index contributed by atoms with van der Waals surface area (Å²) in [4.78, 5) is 0. The molecule has 0 amide bonds. The molecule has 1 aromatic rings. The maximum absolute atomic E-state index is 4.76. The van der Waals surface area contributed by atoms with Crippen LogP contribution in [0.1, 0.15) is 49.6 Å². The predicted molar refractivity (Wildman–Crippen MR) is 71.3 cm³/mol. The first-order valence-corrected chi connectivity index (χ1v) is 6.82. The molecule has 2 heterocycles. The third-order valence-corrected chi connectivity index (χ3v) is 3.75. The number of aromatic nitrogens is 2. The average Bonchev–Trinajstić information content (AvgIpc) is 2.58. The van der Waals surface area contributed by atoms with Gasteiger partial charge in [-0.25, -0.2) is 0 Å². The molecule has 1 aromatic heterocycles. The van der Waals surface area contributed by atoms with Crippen molar-refractivity contribution < 1.29 is 0 Å². The van der Waals surface area contributed by atoms with Crippen LogP contribution < -0.4 is 5.32 Å². The van der Waals surface area contributed by atoms with Gasteiger partial charge in [-0.15, -0.1) is 0 Å². The lowest BCUT2D eigenvalue weighted by Gasteiger charge is -2.21. The summed E-state index contributed by atoms with van der Waals surface area (Å²) < 4.78 is 2.10. The molecule has 3 nitrogen and oxygen atoms in total. The Morgan fingerprint density at radius 2 is 2.24 bits per heavy atom. The van der Waals surface area contributed by atoms with Crippen LogP contribution in [0.5, 0.6) is 0 Å². The fourth-order valence-corrected chi connectivity index (χ4v) is 2.83. The highest BCUT2D eigenvalue weighted by atomic mass is 15.3. The van der Waals surface area contributed by atoms with E-state index in [1.165, 1.54) is 36.3 Å². The Bertz CT molecular complexity index is 373. The molecule has 0 bridgehead atoms. The van der Waals surface area contributed by atoms with E-state index in [0.29, 0.717) is 11.8 Å². The van der Waals surface area contributed by atoms with Crippen LogP contribution in [0.25, 0.3) is 0 Å². The number of aryl methyl sites for hydroxylation is 1. The summed E-state index contributed by atoms with van der Waals surface area (Å²) in [7, 11) is 2.09. The van der Waals surface area contributed by atoms with E-state index in [4.69, 9.17) is 5.10 Å². The van der Waals surface area contributed by atoms with Gasteiger partial charge in [-0.2, -0.15) is 5.10 Å². The molecule has 17 heavy (non-hydrogen) atoms. The average molecular weight is 235 g/mol. The number of hydrogen-bond donors (Lipinski definition) is 1. The van der Waals surface area contributed by atoms with Crippen LogP contribution in [0.4, 0.5) is 0 Å². The normalized spacial score (nSPS) is 21.1. The van der Waals surface area contributed by atoms with Crippen molar-refractivity contribution in [1.29, 1.82) is 0 Å². The van der Waals surface area contributed by atoms with Crippen molar-refractivity contribution in [2.75, 3.05) is 13.1 Å². The molecule has 0 radical (unpaired) electrons. The molecule has 0 saturated carbocycles. The van der Waals surface area contributed by atoms with Crippen LogP contribution >= 0.6 is 0 Å². The van der Waals surface area contributed by atoms with Crippen molar-refractivity contribution in [1.82, 2.24) is 15.1 Å². The standard InChI is InChI=1S/C14H25N3/c1-10(2)8-13-11(3)14(16-17(13)4)12-6-5-7-15-9-12/h10,12,15H,5-9H2,1-4H3. The fraction of sp³-hybridized carbons (Fsp3) is 0.786. The SMILES string of the molecule is Cc1c(C2CCCNC2)nn(C)c1CC(C)C. The van der Waals surface area contributed by atoms with E-state index in [0.717, 1.165) is 13.0 Å². The number of rotatable bonds is 3. The van der Waals surface area contributed by atoms with Gasteiger partial charge in [0.2, 0.25) is 0 Å². The van der Waals surface area contributed by atoms with Crippen LogP contribution in [0.2, 0.25) is 0 Å². The highest BCUT2D eigenvalue weighted by Crippen LogP contribution is 2.27. The lowest BCUT2D eigenvalue weighted by Crippen LogP contribution is -2.29. The lowest BCUT2D eigenvalue weighted by molar-refractivity contribution is 0.450. The van der Waals surface area contributed by atoms with Crippen LogP contribution in [0, 0.1) is 12.8 Å².